The van der Waals surface area contributed by atoms with E-state index in [0.29, 0.717) is 0 Å². The van der Waals surface area contributed by atoms with Crippen molar-refractivity contribution in [3.8, 4) is 11.1 Å². The van der Waals surface area contributed by atoms with Crippen LogP contribution in [-0.2, 0) is 0 Å². The average Bonchev–Trinajstić information content (AvgIpc) is 2.91. The Balaban J connectivity index is 1.99. The molecule has 0 fully saturated rings. The molecule has 0 saturated carbocycles. The first kappa shape index (κ1) is 10.3. The van der Waals surface area contributed by atoms with Crippen molar-refractivity contribution in [3.63, 3.8) is 0 Å². The second-order valence-corrected chi connectivity index (χ2v) is 4.54. The van der Waals surface area contributed by atoms with Gasteiger partial charge < -0.3 is 4.98 Å². The Morgan fingerprint density at radius 3 is 2.95 bits per heavy atom. The number of nitrogens with zero attached hydrogens (tertiary/aromatic N) is 2. The van der Waals surface area contributed by atoms with Gasteiger partial charge in [-0.2, -0.15) is 0 Å². The van der Waals surface area contributed by atoms with Gasteiger partial charge in [-0.15, -0.1) is 0 Å². The van der Waals surface area contributed by atoms with Crippen LogP contribution >= 0.6 is 0 Å². The molecule has 90 valence electrons. The van der Waals surface area contributed by atoms with Gasteiger partial charge in [0.2, 0.25) is 0 Å². The lowest BCUT2D eigenvalue weighted by Crippen LogP contribution is -1.82. The fourth-order valence-electron chi connectivity index (χ4n) is 2.45. The monoisotopic (exact) mass is 245 g/mol. The van der Waals surface area contributed by atoms with E-state index in [4.69, 9.17) is 0 Å². The summed E-state index contributed by atoms with van der Waals surface area (Å²) in [7, 11) is 0. The number of para-hydroxylation sites is 1. The lowest BCUT2D eigenvalue weighted by Gasteiger charge is -2.01. The minimum absolute atomic E-state index is 0.970. The molecule has 2 heterocycles. The number of H-pyrrole nitrogens is 1. The zero-order valence-electron chi connectivity index (χ0n) is 10.2. The molecule has 3 nitrogen and oxygen atoms in total. The van der Waals surface area contributed by atoms with Gasteiger partial charge in [0.25, 0.3) is 0 Å². The van der Waals surface area contributed by atoms with Crippen molar-refractivity contribution in [1.82, 2.24) is 15.0 Å². The quantitative estimate of drug-likeness (QED) is 0.554. The van der Waals surface area contributed by atoms with Crippen molar-refractivity contribution in [2.75, 3.05) is 0 Å². The summed E-state index contributed by atoms with van der Waals surface area (Å²) in [4.78, 5) is 11.7. The van der Waals surface area contributed by atoms with E-state index in [1.807, 2.05) is 18.5 Å². The summed E-state index contributed by atoms with van der Waals surface area (Å²) in [6, 6.07) is 14.6. The Labute approximate surface area is 110 Å². The van der Waals surface area contributed by atoms with Crippen molar-refractivity contribution >= 4 is 21.8 Å². The zero-order valence-corrected chi connectivity index (χ0v) is 10.2. The molecule has 0 spiro atoms. The molecule has 4 rings (SSSR count). The first-order valence-corrected chi connectivity index (χ1v) is 6.18. The second-order valence-electron chi connectivity index (χ2n) is 4.54. The first-order valence-electron chi connectivity index (χ1n) is 6.18. The van der Waals surface area contributed by atoms with Gasteiger partial charge in [0.05, 0.1) is 5.52 Å². The second kappa shape index (κ2) is 3.92. The molecule has 0 unspecified atom stereocenters. The van der Waals surface area contributed by atoms with Crippen LogP contribution in [0.15, 0.2) is 61.2 Å². The summed E-state index contributed by atoms with van der Waals surface area (Å²) < 4.78 is 0. The maximum atomic E-state index is 4.31. The minimum atomic E-state index is 0.970. The van der Waals surface area contributed by atoms with Gasteiger partial charge in [-0.1, -0.05) is 30.3 Å². The molecular formula is C16H11N3. The number of rotatable bonds is 1. The molecule has 1 N–H and O–H groups in total. The van der Waals surface area contributed by atoms with E-state index in [-0.39, 0.29) is 0 Å². The van der Waals surface area contributed by atoms with E-state index in [1.54, 1.807) is 6.33 Å². The summed E-state index contributed by atoms with van der Waals surface area (Å²) >= 11 is 0. The van der Waals surface area contributed by atoms with Crippen LogP contribution in [-0.4, -0.2) is 15.0 Å². The molecule has 0 aliphatic rings. The molecule has 19 heavy (non-hydrogen) atoms. The summed E-state index contributed by atoms with van der Waals surface area (Å²) in [5.41, 5.74) is 4.50. The highest BCUT2D eigenvalue weighted by Gasteiger charge is 2.06. The third-order valence-electron chi connectivity index (χ3n) is 3.41. The van der Waals surface area contributed by atoms with Crippen LogP contribution in [0.3, 0.4) is 0 Å². The third-order valence-corrected chi connectivity index (χ3v) is 3.41. The van der Waals surface area contributed by atoms with Crippen LogP contribution < -0.4 is 0 Å². The van der Waals surface area contributed by atoms with Crippen molar-refractivity contribution in [2.45, 2.75) is 0 Å². The topological polar surface area (TPSA) is 41.6 Å². The summed E-state index contributed by atoms with van der Waals surface area (Å²) in [5.74, 6) is 0. The molecule has 0 aliphatic heterocycles. The largest absolute Gasteiger partial charge is 0.361 e. The van der Waals surface area contributed by atoms with Crippen molar-refractivity contribution in [1.29, 1.82) is 0 Å². The van der Waals surface area contributed by atoms with Gasteiger partial charge in [-0.05, 0) is 17.7 Å². The van der Waals surface area contributed by atoms with E-state index in [9.17, 15) is 0 Å². The smallest absolute Gasteiger partial charge is 0.116 e. The molecule has 2 aromatic heterocycles. The standard InChI is InChI=1S/C16H11N3/c1-2-4-15-13(3-1)14(9-18-15)11-5-6-12-8-17-10-19-16(12)7-11/h1-10,18H. The lowest BCUT2D eigenvalue weighted by molar-refractivity contribution is 1.22. The van der Waals surface area contributed by atoms with Gasteiger partial charge in [0.15, 0.2) is 0 Å². The Bertz CT molecular complexity index is 877. The van der Waals surface area contributed by atoms with Crippen molar-refractivity contribution < 1.29 is 0 Å². The summed E-state index contributed by atoms with van der Waals surface area (Å²) in [5, 5.41) is 2.29. The molecule has 0 bridgehead atoms. The van der Waals surface area contributed by atoms with Gasteiger partial charge in [0.1, 0.15) is 6.33 Å². The number of hydrogen-bond donors (Lipinski definition) is 1. The van der Waals surface area contributed by atoms with Gasteiger partial charge in [-0.3, -0.25) is 0 Å². The molecule has 0 aliphatic carbocycles. The fraction of sp³-hybridized carbons (Fsp3) is 0. The number of nitrogens with one attached hydrogen (secondary N) is 1. The number of aromatic nitrogens is 3. The third kappa shape index (κ3) is 1.59. The van der Waals surface area contributed by atoms with E-state index >= 15 is 0 Å². The molecule has 0 saturated heterocycles. The van der Waals surface area contributed by atoms with Gasteiger partial charge in [-0.25, -0.2) is 9.97 Å². The SMILES string of the molecule is c1ccc2c(-c3ccc4cncnc4c3)c[nH]c2c1. The van der Waals surface area contributed by atoms with Crippen molar-refractivity contribution in [2.24, 2.45) is 0 Å². The van der Waals surface area contributed by atoms with Crippen LogP contribution in [0.5, 0.6) is 0 Å². The predicted octanol–water partition coefficient (Wildman–Crippen LogP) is 3.78. The molecular weight excluding hydrogens is 234 g/mol. The highest BCUT2D eigenvalue weighted by molar-refractivity contribution is 5.97. The van der Waals surface area contributed by atoms with E-state index in [2.05, 4.69) is 51.4 Å². The maximum absolute atomic E-state index is 4.31. The molecule has 0 atom stereocenters. The highest BCUT2D eigenvalue weighted by atomic mass is 14.8. The minimum Gasteiger partial charge on any atom is -0.361 e. The van der Waals surface area contributed by atoms with E-state index in [1.165, 1.54) is 16.5 Å². The molecule has 4 aromatic rings. The number of fused-ring (bicyclic) bond motifs is 2. The Hall–Kier alpha value is -2.68. The highest BCUT2D eigenvalue weighted by Crippen LogP contribution is 2.29. The van der Waals surface area contributed by atoms with Crippen molar-refractivity contribution in [3.05, 3.63) is 61.2 Å². The van der Waals surface area contributed by atoms with Crippen LogP contribution in [0.1, 0.15) is 0 Å². The normalized spacial score (nSPS) is 11.2. The molecule has 2 aromatic carbocycles. The van der Waals surface area contributed by atoms with Gasteiger partial charge in [0, 0.05) is 34.2 Å². The number of benzene rings is 2. The number of hydrogen-bond acceptors (Lipinski definition) is 2. The van der Waals surface area contributed by atoms with Crippen LogP contribution in [0.25, 0.3) is 32.9 Å². The summed E-state index contributed by atoms with van der Waals surface area (Å²) in [6.45, 7) is 0. The molecule has 0 amide bonds. The van der Waals surface area contributed by atoms with E-state index < -0.39 is 0 Å². The zero-order chi connectivity index (χ0) is 12.7. The Morgan fingerprint density at radius 1 is 1.00 bits per heavy atom. The summed E-state index contributed by atoms with van der Waals surface area (Å²) in [6.07, 6.45) is 5.47. The van der Waals surface area contributed by atoms with Crippen LogP contribution in [0.2, 0.25) is 0 Å². The Kier molecular flexibility index (Phi) is 2.12. The first-order chi connectivity index (χ1) is 9.42. The maximum Gasteiger partial charge on any atom is 0.116 e. The number of aromatic amines is 1. The fourth-order valence-corrected chi connectivity index (χ4v) is 2.45. The molecule has 0 radical (unpaired) electrons. The Morgan fingerprint density at radius 2 is 1.95 bits per heavy atom. The van der Waals surface area contributed by atoms with Crippen LogP contribution in [0, 0.1) is 0 Å². The average molecular weight is 245 g/mol. The van der Waals surface area contributed by atoms with Crippen LogP contribution in [0.4, 0.5) is 0 Å². The van der Waals surface area contributed by atoms with E-state index in [0.717, 1.165) is 16.4 Å². The van der Waals surface area contributed by atoms with Gasteiger partial charge >= 0.3 is 0 Å². The molecule has 3 heteroatoms. The lowest BCUT2D eigenvalue weighted by atomic mass is 10.0. The predicted molar refractivity (Wildman–Crippen MR) is 76.8 cm³/mol.